The first kappa shape index (κ1) is 15.0. The van der Waals surface area contributed by atoms with Crippen molar-refractivity contribution in [3.63, 3.8) is 0 Å². The van der Waals surface area contributed by atoms with Gasteiger partial charge in [-0.25, -0.2) is 4.68 Å². The van der Waals surface area contributed by atoms with E-state index in [0.29, 0.717) is 13.1 Å². The molecule has 0 spiro atoms. The van der Waals surface area contributed by atoms with Gasteiger partial charge < -0.3 is 5.32 Å². The number of hydrogen-bond acceptors (Lipinski definition) is 6. The van der Waals surface area contributed by atoms with Crippen LogP contribution in [0.3, 0.4) is 0 Å². The van der Waals surface area contributed by atoms with Crippen LogP contribution in [0.15, 0.2) is 24.3 Å². The molecule has 0 fully saturated rings. The number of tetrazole rings is 1. The molecule has 0 aliphatic rings. The van der Waals surface area contributed by atoms with Crippen LogP contribution < -0.4 is 5.32 Å². The molecular weight excluding hydrogens is 272 g/mol. The quantitative estimate of drug-likeness (QED) is 0.662. The number of benzene rings is 1. The molecule has 8 heteroatoms. The maximum Gasteiger partial charge on any atom is 0.269 e. The second-order valence-corrected chi connectivity index (χ2v) is 5.78. The molecule has 0 amide bonds. The highest BCUT2D eigenvalue weighted by Crippen LogP contribution is 2.13. The molecule has 1 N–H and O–H groups in total. The summed E-state index contributed by atoms with van der Waals surface area (Å²) in [7, 11) is 0. The van der Waals surface area contributed by atoms with Crippen LogP contribution in [0.5, 0.6) is 0 Å². The molecule has 0 atom stereocenters. The second-order valence-electron chi connectivity index (χ2n) is 5.78. The Morgan fingerprint density at radius 1 is 1.29 bits per heavy atom. The van der Waals surface area contributed by atoms with Crippen molar-refractivity contribution in [3.8, 4) is 0 Å². The SMILES string of the molecule is CC(C)(C)NCc1nnnn1Cc1ccc([N+](=O)[O-])cc1. The Morgan fingerprint density at radius 2 is 1.95 bits per heavy atom. The van der Waals surface area contributed by atoms with Crippen molar-refractivity contribution in [1.82, 2.24) is 25.5 Å². The van der Waals surface area contributed by atoms with Crippen LogP contribution in [0.4, 0.5) is 5.69 Å². The summed E-state index contributed by atoms with van der Waals surface area (Å²) in [6.07, 6.45) is 0. The number of nitro groups is 1. The molecule has 0 aliphatic heterocycles. The third kappa shape index (κ3) is 4.32. The Bertz CT molecular complexity index is 614. The normalized spacial score (nSPS) is 11.6. The summed E-state index contributed by atoms with van der Waals surface area (Å²) in [4.78, 5) is 10.2. The van der Waals surface area contributed by atoms with Gasteiger partial charge in [0.05, 0.1) is 18.0 Å². The maximum atomic E-state index is 10.6. The fourth-order valence-corrected chi connectivity index (χ4v) is 1.71. The Morgan fingerprint density at radius 3 is 2.52 bits per heavy atom. The first-order chi connectivity index (χ1) is 9.85. The minimum Gasteiger partial charge on any atom is -0.305 e. The number of aromatic nitrogens is 4. The van der Waals surface area contributed by atoms with E-state index in [2.05, 4.69) is 41.6 Å². The van der Waals surface area contributed by atoms with E-state index >= 15 is 0 Å². The average Bonchev–Trinajstić information content (AvgIpc) is 2.83. The Hall–Kier alpha value is -2.35. The van der Waals surface area contributed by atoms with E-state index in [1.807, 2.05) is 0 Å². The molecule has 2 rings (SSSR count). The molecule has 1 aromatic carbocycles. The van der Waals surface area contributed by atoms with E-state index in [1.165, 1.54) is 12.1 Å². The number of nitrogens with zero attached hydrogens (tertiary/aromatic N) is 5. The Kier molecular flexibility index (Phi) is 4.27. The number of non-ortho nitro benzene ring substituents is 1. The van der Waals surface area contributed by atoms with Crippen molar-refractivity contribution >= 4 is 5.69 Å². The third-order valence-corrected chi connectivity index (χ3v) is 2.86. The van der Waals surface area contributed by atoms with Gasteiger partial charge in [-0.2, -0.15) is 0 Å². The lowest BCUT2D eigenvalue weighted by Gasteiger charge is -2.19. The van der Waals surface area contributed by atoms with E-state index in [9.17, 15) is 10.1 Å². The summed E-state index contributed by atoms with van der Waals surface area (Å²) in [5, 5.41) is 25.6. The van der Waals surface area contributed by atoms with Gasteiger partial charge in [-0.15, -0.1) is 5.10 Å². The first-order valence-electron chi connectivity index (χ1n) is 6.58. The highest BCUT2D eigenvalue weighted by molar-refractivity contribution is 5.32. The molecule has 0 bridgehead atoms. The van der Waals surface area contributed by atoms with Crippen molar-refractivity contribution in [2.45, 2.75) is 39.4 Å². The van der Waals surface area contributed by atoms with Gasteiger partial charge in [0.2, 0.25) is 0 Å². The van der Waals surface area contributed by atoms with Gasteiger partial charge in [-0.1, -0.05) is 12.1 Å². The van der Waals surface area contributed by atoms with Crippen LogP contribution in [-0.2, 0) is 13.1 Å². The second kappa shape index (κ2) is 5.96. The lowest BCUT2D eigenvalue weighted by atomic mass is 10.1. The van der Waals surface area contributed by atoms with E-state index in [4.69, 9.17) is 0 Å². The van der Waals surface area contributed by atoms with E-state index in [-0.39, 0.29) is 11.2 Å². The zero-order valence-corrected chi connectivity index (χ0v) is 12.3. The van der Waals surface area contributed by atoms with Gasteiger partial charge in [0.1, 0.15) is 0 Å². The summed E-state index contributed by atoms with van der Waals surface area (Å²) in [5.74, 6) is 0.725. The lowest BCUT2D eigenvalue weighted by molar-refractivity contribution is -0.384. The molecule has 0 aliphatic carbocycles. The molecule has 0 saturated heterocycles. The first-order valence-corrected chi connectivity index (χ1v) is 6.58. The molecule has 0 radical (unpaired) electrons. The van der Waals surface area contributed by atoms with E-state index in [1.54, 1.807) is 16.8 Å². The van der Waals surface area contributed by atoms with Crippen molar-refractivity contribution < 1.29 is 4.92 Å². The van der Waals surface area contributed by atoms with Crippen LogP contribution in [0.25, 0.3) is 0 Å². The van der Waals surface area contributed by atoms with Crippen molar-refractivity contribution in [2.75, 3.05) is 0 Å². The lowest BCUT2D eigenvalue weighted by Crippen LogP contribution is -2.36. The Balaban J connectivity index is 2.06. The van der Waals surface area contributed by atoms with Crippen LogP contribution in [0, 0.1) is 10.1 Å². The van der Waals surface area contributed by atoms with Crippen LogP contribution in [0.2, 0.25) is 0 Å². The summed E-state index contributed by atoms with van der Waals surface area (Å²) >= 11 is 0. The van der Waals surface area contributed by atoms with Crippen molar-refractivity contribution in [2.24, 2.45) is 0 Å². The standard InChI is InChI=1S/C13H18N6O2/c1-13(2,3)14-8-12-15-16-17-18(12)9-10-4-6-11(7-5-10)19(20)21/h4-7,14H,8-9H2,1-3H3. The largest absolute Gasteiger partial charge is 0.305 e. The molecule has 0 saturated carbocycles. The van der Waals surface area contributed by atoms with Gasteiger partial charge in [0, 0.05) is 17.7 Å². The van der Waals surface area contributed by atoms with Crippen LogP contribution >= 0.6 is 0 Å². The van der Waals surface area contributed by atoms with Crippen molar-refractivity contribution in [1.29, 1.82) is 0 Å². The van der Waals surface area contributed by atoms with Gasteiger partial charge in [-0.3, -0.25) is 10.1 Å². The van der Waals surface area contributed by atoms with Crippen molar-refractivity contribution in [3.05, 3.63) is 45.8 Å². The highest BCUT2D eigenvalue weighted by Gasteiger charge is 2.13. The fourth-order valence-electron chi connectivity index (χ4n) is 1.71. The predicted octanol–water partition coefficient (Wildman–Crippen LogP) is 1.52. The summed E-state index contributed by atoms with van der Waals surface area (Å²) in [6, 6.07) is 6.38. The van der Waals surface area contributed by atoms with Gasteiger partial charge in [0.25, 0.3) is 5.69 Å². The zero-order chi connectivity index (χ0) is 15.5. The van der Waals surface area contributed by atoms with Crippen LogP contribution in [0.1, 0.15) is 32.2 Å². The molecule has 112 valence electrons. The summed E-state index contributed by atoms with van der Waals surface area (Å²) in [5.41, 5.74) is 0.958. The minimum atomic E-state index is -0.417. The topological polar surface area (TPSA) is 98.8 Å². The van der Waals surface area contributed by atoms with Gasteiger partial charge in [0.15, 0.2) is 5.82 Å². The maximum absolute atomic E-state index is 10.6. The van der Waals surface area contributed by atoms with E-state index < -0.39 is 4.92 Å². The van der Waals surface area contributed by atoms with E-state index in [0.717, 1.165) is 11.4 Å². The number of rotatable bonds is 5. The molecule has 0 unspecified atom stereocenters. The molecule has 1 aromatic heterocycles. The third-order valence-electron chi connectivity index (χ3n) is 2.86. The summed E-state index contributed by atoms with van der Waals surface area (Å²) in [6.45, 7) is 7.24. The minimum absolute atomic E-state index is 0.0237. The fraction of sp³-hybridized carbons (Fsp3) is 0.462. The number of nitrogens with one attached hydrogen (secondary N) is 1. The highest BCUT2D eigenvalue weighted by atomic mass is 16.6. The van der Waals surface area contributed by atoms with Gasteiger partial charge in [-0.05, 0) is 36.8 Å². The molecule has 21 heavy (non-hydrogen) atoms. The number of nitro benzene ring substituents is 1. The molecule has 1 heterocycles. The average molecular weight is 290 g/mol. The molecule has 8 nitrogen and oxygen atoms in total. The molecule has 2 aromatic rings. The molecular formula is C13H18N6O2. The zero-order valence-electron chi connectivity index (χ0n) is 12.3. The predicted molar refractivity (Wildman–Crippen MR) is 76.6 cm³/mol. The summed E-state index contributed by atoms with van der Waals surface area (Å²) < 4.78 is 1.68. The van der Waals surface area contributed by atoms with Crippen LogP contribution in [-0.4, -0.2) is 30.7 Å². The number of hydrogen-bond donors (Lipinski definition) is 1. The smallest absolute Gasteiger partial charge is 0.269 e. The Labute approximate surface area is 122 Å². The monoisotopic (exact) mass is 290 g/mol. The van der Waals surface area contributed by atoms with Gasteiger partial charge >= 0.3 is 0 Å².